The fourth-order valence-corrected chi connectivity index (χ4v) is 1.63. The lowest BCUT2D eigenvalue weighted by Crippen LogP contribution is -2.25. The molecule has 1 aromatic carbocycles. The Labute approximate surface area is 139 Å². The maximum atomic E-state index is 12.2. The lowest BCUT2D eigenvalue weighted by Gasteiger charge is -2.15. The number of rotatable bonds is 5. The summed E-state index contributed by atoms with van der Waals surface area (Å²) in [5.74, 6) is 0.343. The van der Waals surface area contributed by atoms with E-state index in [2.05, 4.69) is 25.5 Å². The average molecular weight is 329 g/mol. The summed E-state index contributed by atoms with van der Waals surface area (Å²) in [6, 6.07) is 6.40. The zero-order valence-electron chi connectivity index (χ0n) is 13.9. The quantitative estimate of drug-likeness (QED) is 0.606. The number of anilines is 2. The fraction of sp³-hybridized carbons (Fsp3) is 0.267. The molecule has 1 heterocycles. The maximum Gasteiger partial charge on any atom is 0.309 e. The molecular weight excluding hydrogens is 310 g/mol. The zero-order chi connectivity index (χ0) is 17.7. The first kappa shape index (κ1) is 17.1. The van der Waals surface area contributed by atoms with Gasteiger partial charge in [0.15, 0.2) is 0 Å². The second kappa shape index (κ2) is 7.36. The Morgan fingerprint density at radius 2 is 1.58 bits per heavy atom. The topological polar surface area (TPSA) is 107 Å². The first-order valence-corrected chi connectivity index (χ1v) is 7.10. The molecule has 2 rings (SSSR count). The molecule has 0 atom stereocenters. The number of benzene rings is 1. The lowest BCUT2D eigenvalue weighted by atomic mass is 10.2. The van der Waals surface area contributed by atoms with Crippen LogP contribution in [0.5, 0.6) is 5.75 Å². The molecule has 2 N–H and O–H groups in total. The van der Waals surface area contributed by atoms with Crippen LogP contribution in [0.25, 0.3) is 0 Å². The fourth-order valence-electron chi connectivity index (χ4n) is 1.63. The first-order chi connectivity index (χ1) is 11.4. The van der Waals surface area contributed by atoms with E-state index >= 15 is 0 Å². The van der Waals surface area contributed by atoms with Gasteiger partial charge in [-0.3, -0.25) is 4.79 Å². The Morgan fingerprint density at radius 3 is 2.08 bits per heavy atom. The molecule has 126 valence electrons. The Bertz CT molecular complexity index is 716. The van der Waals surface area contributed by atoms with Crippen molar-refractivity contribution in [2.24, 2.45) is 5.10 Å². The second-order valence-electron chi connectivity index (χ2n) is 5.34. The van der Waals surface area contributed by atoms with Crippen molar-refractivity contribution in [3.63, 3.8) is 0 Å². The Morgan fingerprint density at radius 1 is 1.04 bits per heavy atom. The zero-order valence-corrected chi connectivity index (χ0v) is 13.9. The van der Waals surface area contributed by atoms with E-state index in [1.165, 1.54) is 18.3 Å². The number of carbonyl (C=O) groups excluding carboxylic acids is 1. The highest BCUT2D eigenvalue weighted by Gasteiger charge is 2.15. The predicted octanol–water partition coefficient (Wildman–Crippen LogP) is 0.473. The number of amides is 1. The minimum absolute atomic E-state index is 0.0275. The number of nitrogens with one attached hydrogen (secondary N) is 1. The van der Waals surface area contributed by atoms with Gasteiger partial charge in [0, 0.05) is 28.2 Å². The lowest BCUT2D eigenvalue weighted by molar-refractivity contribution is 0.0944. The highest BCUT2D eigenvalue weighted by Crippen LogP contribution is 2.10. The highest BCUT2D eigenvalue weighted by molar-refractivity contribution is 5.92. The third-order valence-electron chi connectivity index (χ3n) is 2.89. The van der Waals surface area contributed by atoms with Gasteiger partial charge in [-0.15, -0.1) is 0 Å². The summed E-state index contributed by atoms with van der Waals surface area (Å²) in [5, 5.41) is 13.1. The maximum absolute atomic E-state index is 12.2. The predicted molar refractivity (Wildman–Crippen MR) is 91.6 cm³/mol. The van der Waals surface area contributed by atoms with Gasteiger partial charge in [-0.25, -0.2) is 5.43 Å². The Balaban J connectivity index is 2.15. The molecule has 0 aliphatic rings. The minimum atomic E-state index is -0.543. The molecule has 0 spiro atoms. The molecule has 9 nitrogen and oxygen atoms in total. The number of aromatic hydroxyl groups is 1. The van der Waals surface area contributed by atoms with E-state index in [0.29, 0.717) is 11.9 Å². The van der Waals surface area contributed by atoms with Crippen LogP contribution in [-0.2, 0) is 0 Å². The molecule has 0 aliphatic heterocycles. The molecule has 1 amide bonds. The molecule has 2 aromatic rings. The van der Waals surface area contributed by atoms with Gasteiger partial charge in [-0.05, 0) is 29.8 Å². The highest BCUT2D eigenvalue weighted by atomic mass is 16.3. The first-order valence-electron chi connectivity index (χ1n) is 7.10. The summed E-state index contributed by atoms with van der Waals surface area (Å²) >= 11 is 0. The van der Waals surface area contributed by atoms with Crippen molar-refractivity contribution >= 4 is 24.0 Å². The van der Waals surface area contributed by atoms with Crippen LogP contribution in [0.15, 0.2) is 29.4 Å². The largest absolute Gasteiger partial charge is 0.508 e. The smallest absolute Gasteiger partial charge is 0.309 e. The third-order valence-corrected chi connectivity index (χ3v) is 2.89. The van der Waals surface area contributed by atoms with E-state index in [9.17, 15) is 9.90 Å². The van der Waals surface area contributed by atoms with Crippen LogP contribution in [0.1, 0.15) is 16.2 Å². The van der Waals surface area contributed by atoms with Gasteiger partial charge in [-0.2, -0.15) is 20.1 Å². The van der Waals surface area contributed by atoms with E-state index in [4.69, 9.17) is 0 Å². The van der Waals surface area contributed by atoms with Crippen molar-refractivity contribution in [2.75, 3.05) is 38.0 Å². The van der Waals surface area contributed by atoms with Crippen molar-refractivity contribution in [3.05, 3.63) is 35.7 Å². The molecule has 1 aromatic heterocycles. The number of phenols is 1. The SMILES string of the molecule is CN(C)c1nc(C(=O)N/N=C\c2ccc(O)cc2)nc(N(C)C)n1. The summed E-state index contributed by atoms with van der Waals surface area (Å²) < 4.78 is 0. The van der Waals surface area contributed by atoms with E-state index in [0.717, 1.165) is 5.56 Å². The van der Waals surface area contributed by atoms with Crippen LogP contribution in [0.2, 0.25) is 0 Å². The number of hydrazone groups is 1. The van der Waals surface area contributed by atoms with E-state index < -0.39 is 5.91 Å². The number of carbonyl (C=O) groups is 1. The van der Waals surface area contributed by atoms with Gasteiger partial charge in [0.25, 0.3) is 0 Å². The summed E-state index contributed by atoms with van der Waals surface area (Å²) in [6.07, 6.45) is 1.46. The Kier molecular flexibility index (Phi) is 5.25. The van der Waals surface area contributed by atoms with Gasteiger partial charge >= 0.3 is 5.91 Å². The van der Waals surface area contributed by atoms with E-state index in [-0.39, 0.29) is 11.6 Å². The summed E-state index contributed by atoms with van der Waals surface area (Å²) in [4.78, 5) is 28.0. The Hall–Kier alpha value is -3.23. The second-order valence-corrected chi connectivity index (χ2v) is 5.34. The van der Waals surface area contributed by atoms with Crippen molar-refractivity contribution < 1.29 is 9.90 Å². The van der Waals surface area contributed by atoms with E-state index in [1.54, 1.807) is 50.1 Å². The van der Waals surface area contributed by atoms with Crippen molar-refractivity contribution in [3.8, 4) is 5.75 Å². The molecule has 9 heteroatoms. The van der Waals surface area contributed by atoms with Crippen molar-refractivity contribution in [1.29, 1.82) is 0 Å². The van der Waals surface area contributed by atoms with Gasteiger partial charge in [0.05, 0.1) is 6.21 Å². The molecule has 0 saturated heterocycles. The monoisotopic (exact) mass is 329 g/mol. The minimum Gasteiger partial charge on any atom is -0.508 e. The average Bonchev–Trinajstić information content (AvgIpc) is 2.56. The van der Waals surface area contributed by atoms with Crippen LogP contribution in [0, 0.1) is 0 Å². The summed E-state index contributed by atoms with van der Waals surface area (Å²) in [5.41, 5.74) is 3.10. The number of nitrogens with zero attached hydrogens (tertiary/aromatic N) is 6. The molecule has 0 bridgehead atoms. The van der Waals surface area contributed by atoms with Gasteiger partial charge < -0.3 is 14.9 Å². The molecule has 0 fully saturated rings. The summed E-state index contributed by atoms with van der Waals surface area (Å²) in [6.45, 7) is 0. The number of aromatic nitrogens is 3. The number of hydrogen-bond acceptors (Lipinski definition) is 8. The normalized spacial score (nSPS) is 10.7. The van der Waals surface area contributed by atoms with E-state index in [1.807, 2.05) is 0 Å². The molecule has 0 radical (unpaired) electrons. The number of hydrogen-bond donors (Lipinski definition) is 2. The molecule has 0 unspecified atom stereocenters. The number of phenolic OH excluding ortho intramolecular Hbond substituents is 1. The molecule has 0 saturated carbocycles. The molecular formula is C15H19N7O2. The van der Waals surface area contributed by atoms with Gasteiger partial charge in [-0.1, -0.05) is 0 Å². The van der Waals surface area contributed by atoms with Crippen LogP contribution in [-0.4, -0.2) is 60.4 Å². The van der Waals surface area contributed by atoms with Crippen LogP contribution in [0.4, 0.5) is 11.9 Å². The van der Waals surface area contributed by atoms with Crippen LogP contribution >= 0.6 is 0 Å². The van der Waals surface area contributed by atoms with Crippen molar-refractivity contribution in [2.45, 2.75) is 0 Å². The van der Waals surface area contributed by atoms with Crippen LogP contribution < -0.4 is 15.2 Å². The van der Waals surface area contributed by atoms with Crippen molar-refractivity contribution in [1.82, 2.24) is 20.4 Å². The third kappa shape index (κ3) is 4.38. The summed E-state index contributed by atoms with van der Waals surface area (Å²) in [7, 11) is 7.11. The van der Waals surface area contributed by atoms with Gasteiger partial charge in [0.1, 0.15) is 5.75 Å². The molecule has 0 aliphatic carbocycles. The molecule has 24 heavy (non-hydrogen) atoms. The standard InChI is InChI=1S/C15H19N7O2/c1-21(2)14-17-12(18-15(19-14)22(3)4)13(24)20-16-9-10-5-7-11(23)8-6-10/h5-9,23H,1-4H3,(H,20,24)/b16-9-. The van der Waals surface area contributed by atoms with Crippen LogP contribution in [0.3, 0.4) is 0 Å². The van der Waals surface area contributed by atoms with Gasteiger partial charge in [0.2, 0.25) is 17.7 Å².